The van der Waals surface area contributed by atoms with Crippen LogP contribution in [-0.2, 0) is 6.18 Å². The normalized spacial score (nSPS) is 27.4. The summed E-state index contributed by atoms with van der Waals surface area (Å²) in [6, 6.07) is 1.15. The number of benzene rings is 1. The second-order valence-corrected chi connectivity index (χ2v) is 13.6. The molecule has 8 rings (SSSR count). The van der Waals surface area contributed by atoms with Gasteiger partial charge in [0.1, 0.15) is 41.3 Å². The van der Waals surface area contributed by atoms with Crippen molar-refractivity contribution in [3.8, 4) is 17.3 Å². The first kappa shape index (κ1) is 33.0. The molecule has 0 amide bonds. The topological polar surface area (TPSA) is 92.4 Å². The van der Waals surface area contributed by atoms with E-state index in [1.807, 2.05) is 4.90 Å². The van der Waals surface area contributed by atoms with Gasteiger partial charge in [0.2, 0.25) is 0 Å². The number of fused-ring (bicyclic) bond motifs is 6. The summed E-state index contributed by atoms with van der Waals surface area (Å²) in [5, 5.41) is 2.58. The SMILES string of the molecule is Nc1cc(F)c(C(F)(F)F)c(-c2c(Cl)cc3c(N4C[C@@H]5CC[C@@](C=C(F)F)(C4)NC5)nc(OCC45CCCN4C[C@H](F)C5)nc3c2F)n1. The summed E-state index contributed by atoms with van der Waals surface area (Å²) >= 11 is 6.46. The predicted octanol–water partition coefficient (Wildman–Crippen LogP) is 6.52. The average Bonchev–Trinajstić information content (AvgIpc) is 3.37. The van der Waals surface area contributed by atoms with E-state index in [0.29, 0.717) is 45.0 Å². The second-order valence-electron chi connectivity index (χ2n) is 13.1. The standard InChI is InChI=1S/C31H30ClF8N7O/c32-18-6-17-25(24(37)22(18)26-23(31(38,39)40)19(34)7-21(41)43-26)44-28(48-14-30-3-1-5-47(30)12-16(33)8-30)45-27(17)46-11-15-2-4-29(13-46,42-10-15)9-20(35)36/h6-7,9,15-16,42H,1-5,8,10-14H2,(H2,41,43)/t15-,16-,29-,30?/m1/s1. The fourth-order valence-corrected chi connectivity index (χ4v) is 8.14. The highest BCUT2D eigenvalue weighted by Gasteiger charge is 2.50. The first-order valence-electron chi connectivity index (χ1n) is 15.5. The zero-order valence-corrected chi connectivity index (χ0v) is 26.0. The highest BCUT2D eigenvalue weighted by atomic mass is 35.5. The molecule has 5 aliphatic rings. The number of halogens is 9. The largest absolute Gasteiger partial charge is 0.461 e. The molecule has 5 saturated heterocycles. The van der Waals surface area contributed by atoms with Crippen LogP contribution in [0.15, 0.2) is 24.3 Å². The van der Waals surface area contributed by atoms with Crippen LogP contribution in [0.1, 0.15) is 37.7 Å². The summed E-state index contributed by atoms with van der Waals surface area (Å²) in [4.78, 5) is 16.1. The van der Waals surface area contributed by atoms with E-state index in [2.05, 4.69) is 20.3 Å². The van der Waals surface area contributed by atoms with E-state index < -0.39 is 74.3 Å². The van der Waals surface area contributed by atoms with Crippen molar-refractivity contribution in [3.63, 3.8) is 0 Å². The van der Waals surface area contributed by atoms with Gasteiger partial charge in [0.15, 0.2) is 5.82 Å². The fourth-order valence-electron chi connectivity index (χ4n) is 7.86. The van der Waals surface area contributed by atoms with Crippen molar-refractivity contribution in [2.24, 2.45) is 5.92 Å². The molecule has 0 aliphatic carbocycles. The van der Waals surface area contributed by atoms with Gasteiger partial charge in [-0.05, 0) is 44.2 Å². The van der Waals surface area contributed by atoms with Gasteiger partial charge in [0.05, 0.1) is 27.4 Å². The Hall–Kier alpha value is -3.50. The van der Waals surface area contributed by atoms with Crippen LogP contribution < -0.4 is 20.7 Å². The zero-order chi connectivity index (χ0) is 34.2. The van der Waals surface area contributed by atoms with Gasteiger partial charge in [0.25, 0.3) is 6.08 Å². The number of nitrogens with two attached hydrogens (primary N) is 1. The molecule has 48 heavy (non-hydrogen) atoms. The lowest BCUT2D eigenvalue weighted by Crippen LogP contribution is -2.52. The Morgan fingerprint density at radius 3 is 2.65 bits per heavy atom. The Morgan fingerprint density at radius 1 is 1.15 bits per heavy atom. The molecule has 5 aliphatic heterocycles. The van der Waals surface area contributed by atoms with Crippen molar-refractivity contribution >= 4 is 34.1 Å². The second kappa shape index (κ2) is 11.8. The lowest BCUT2D eigenvalue weighted by molar-refractivity contribution is -0.139. The highest BCUT2D eigenvalue weighted by molar-refractivity contribution is 6.34. The van der Waals surface area contributed by atoms with E-state index >= 15 is 4.39 Å². The summed E-state index contributed by atoms with van der Waals surface area (Å²) < 4.78 is 121. The molecular formula is C31H30ClF8N7O. The van der Waals surface area contributed by atoms with Gasteiger partial charge in [-0.25, -0.2) is 18.2 Å². The summed E-state index contributed by atoms with van der Waals surface area (Å²) in [6.07, 6.45) is -4.78. The molecule has 1 aromatic carbocycles. The van der Waals surface area contributed by atoms with E-state index in [0.717, 1.165) is 18.6 Å². The van der Waals surface area contributed by atoms with Gasteiger partial charge in [-0.2, -0.15) is 31.9 Å². The lowest BCUT2D eigenvalue weighted by atomic mass is 9.86. The number of anilines is 2. The molecule has 258 valence electrons. The van der Waals surface area contributed by atoms with E-state index in [1.165, 1.54) is 0 Å². The number of hydrogen-bond donors (Lipinski definition) is 2. The van der Waals surface area contributed by atoms with Gasteiger partial charge in [-0.3, -0.25) is 4.90 Å². The quantitative estimate of drug-likeness (QED) is 0.281. The van der Waals surface area contributed by atoms with Crippen molar-refractivity contribution < 1.29 is 39.9 Å². The molecule has 2 aromatic heterocycles. The lowest BCUT2D eigenvalue weighted by Gasteiger charge is -2.35. The Kier molecular flexibility index (Phi) is 8.14. The first-order chi connectivity index (χ1) is 22.7. The average molecular weight is 704 g/mol. The number of nitrogen functional groups attached to an aromatic ring is 1. The Morgan fingerprint density at radius 2 is 1.94 bits per heavy atom. The molecule has 3 aromatic rings. The van der Waals surface area contributed by atoms with Gasteiger partial charge in [-0.1, -0.05) is 11.6 Å². The Balaban J connectivity index is 1.40. The molecule has 5 fully saturated rings. The van der Waals surface area contributed by atoms with Crippen LogP contribution in [0.5, 0.6) is 6.01 Å². The van der Waals surface area contributed by atoms with E-state index in [4.69, 9.17) is 22.1 Å². The minimum absolute atomic E-state index is 0.00889. The molecule has 1 unspecified atom stereocenters. The van der Waals surface area contributed by atoms with Gasteiger partial charge in [0, 0.05) is 50.1 Å². The first-order valence-corrected chi connectivity index (χ1v) is 15.8. The summed E-state index contributed by atoms with van der Waals surface area (Å²) in [5.41, 5.74) is -0.683. The number of aromatic nitrogens is 3. The van der Waals surface area contributed by atoms with Crippen molar-refractivity contribution in [3.05, 3.63) is 46.5 Å². The Bertz CT molecular complexity index is 1800. The number of nitrogens with zero attached hydrogens (tertiary/aromatic N) is 5. The summed E-state index contributed by atoms with van der Waals surface area (Å²) in [5.74, 6) is -3.76. The number of pyridine rings is 1. The maximum Gasteiger partial charge on any atom is 0.421 e. The van der Waals surface area contributed by atoms with Crippen LogP contribution in [0.4, 0.5) is 46.8 Å². The highest BCUT2D eigenvalue weighted by Crippen LogP contribution is 2.46. The van der Waals surface area contributed by atoms with Crippen molar-refractivity contribution in [2.75, 3.05) is 50.0 Å². The van der Waals surface area contributed by atoms with Gasteiger partial charge >= 0.3 is 12.2 Å². The number of ether oxygens (including phenoxy) is 1. The van der Waals surface area contributed by atoms with Crippen LogP contribution in [0.3, 0.4) is 0 Å². The third kappa shape index (κ3) is 5.78. The molecule has 7 heterocycles. The summed E-state index contributed by atoms with van der Waals surface area (Å²) in [6.45, 7) is 1.56. The van der Waals surface area contributed by atoms with Crippen molar-refractivity contribution in [1.82, 2.24) is 25.2 Å². The number of hydrogen-bond acceptors (Lipinski definition) is 8. The number of alkyl halides is 4. The minimum atomic E-state index is -5.30. The molecule has 0 spiro atoms. The van der Waals surface area contributed by atoms with Crippen LogP contribution in [0, 0.1) is 17.6 Å². The van der Waals surface area contributed by atoms with E-state index in [-0.39, 0.29) is 49.2 Å². The molecule has 2 bridgehead atoms. The third-order valence-electron chi connectivity index (χ3n) is 9.96. The molecule has 17 heteroatoms. The van der Waals surface area contributed by atoms with E-state index in [9.17, 15) is 30.7 Å². The number of nitrogens with one attached hydrogen (secondary N) is 1. The van der Waals surface area contributed by atoms with E-state index in [1.54, 1.807) is 4.90 Å². The molecule has 4 atom stereocenters. The fraction of sp³-hybridized carbons (Fsp3) is 0.516. The van der Waals surface area contributed by atoms with Crippen LogP contribution in [-0.4, -0.2) is 76.4 Å². The van der Waals surface area contributed by atoms with Crippen molar-refractivity contribution in [1.29, 1.82) is 0 Å². The summed E-state index contributed by atoms with van der Waals surface area (Å²) in [7, 11) is 0. The minimum Gasteiger partial charge on any atom is -0.461 e. The van der Waals surface area contributed by atoms with Gasteiger partial charge in [-0.15, -0.1) is 0 Å². The number of rotatable bonds is 6. The molecule has 3 N–H and O–H groups in total. The Labute approximate surface area is 274 Å². The van der Waals surface area contributed by atoms with Crippen LogP contribution >= 0.6 is 11.6 Å². The molecule has 8 nitrogen and oxygen atoms in total. The number of piperidine rings is 1. The predicted molar refractivity (Wildman–Crippen MR) is 162 cm³/mol. The monoisotopic (exact) mass is 703 g/mol. The maximum atomic E-state index is 16.7. The van der Waals surface area contributed by atoms with Crippen molar-refractivity contribution in [2.45, 2.75) is 55.5 Å². The zero-order valence-electron chi connectivity index (χ0n) is 25.3. The molecular weight excluding hydrogens is 674 g/mol. The van der Waals surface area contributed by atoms with Gasteiger partial charge < -0.3 is 20.7 Å². The maximum absolute atomic E-state index is 16.7. The molecule has 0 radical (unpaired) electrons. The smallest absolute Gasteiger partial charge is 0.421 e. The van der Waals surface area contributed by atoms with Crippen LogP contribution in [0.2, 0.25) is 5.02 Å². The third-order valence-corrected chi connectivity index (χ3v) is 10.3. The molecule has 0 saturated carbocycles. The van der Waals surface area contributed by atoms with Crippen LogP contribution in [0.25, 0.3) is 22.2 Å².